The van der Waals surface area contributed by atoms with E-state index < -0.39 is 18.1 Å². The fraction of sp³-hybridized carbons (Fsp3) is 0.654. The van der Waals surface area contributed by atoms with Crippen LogP contribution >= 0.6 is 0 Å². The zero-order valence-electron chi connectivity index (χ0n) is 21.5. The summed E-state index contributed by atoms with van der Waals surface area (Å²) in [5.41, 5.74) is 0.750. The number of nitrogens with one attached hydrogen (secondary N) is 2. The largest absolute Gasteiger partial charge is 0.464 e. The Labute approximate surface area is 208 Å². The van der Waals surface area contributed by atoms with Gasteiger partial charge < -0.3 is 20.3 Å². The molecule has 1 aromatic rings. The molecule has 0 spiro atoms. The molecular weight excluding hydrogens is 446 g/mol. The van der Waals surface area contributed by atoms with Gasteiger partial charge in [0.1, 0.15) is 17.8 Å². The highest BCUT2D eigenvalue weighted by Crippen LogP contribution is 2.43. The number of carbonyl (C=O) groups is 3. The minimum Gasteiger partial charge on any atom is -0.464 e. The maximum absolute atomic E-state index is 13.8. The van der Waals surface area contributed by atoms with Crippen molar-refractivity contribution >= 4 is 17.8 Å². The van der Waals surface area contributed by atoms with Gasteiger partial charge in [-0.2, -0.15) is 0 Å². The van der Waals surface area contributed by atoms with Crippen molar-refractivity contribution in [3.8, 4) is 0 Å². The highest BCUT2D eigenvalue weighted by Gasteiger charge is 2.51. The lowest BCUT2D eigenvalue weighted by Gasteiger charge is -2.34. The summed E-state index contributed by atoms with van der Waals surface area (Å²) in [5.74, 6) is -0.364. The average Bonchev–Trinajstić information content (AvgIpc) is 3.42. The molecule has 1 aliphatic heterocycles. The Kier molecular flexibility index (Phi) is 8.86. The zero-order valence-corrected chi connectivity index (χ0v) is 21.5. The van der Waals surface area contributed by atoms with Crippen LogP contribution in [0.1, 0.15) is 64.4 Å². The van der Waals surface area contributed by atoms with Crippen molar-refractivity contribution in [3.63, 3.8) is 0 Å². The van der Waals surface area contributed by atoms with Gasteiger partial charge in [-0.05, 0) is 43.4 Å². The molecule has 1 unspecified atom stereocenters. The molecule has 1 saturated carbocycles. The molecule has 5 atom stereocenters. The van der Waals surface area contributed by atoms with Crippen LogP contribution in [0.5, 0.6) is 0 Å². The van der Waals surface area contributed by atoms with E-state index in [1.54, 1.807) is 11.8 Å². The Balaban J connectivity index is 1.76. The smallest absolute Gasteiger partial charge is 0.329 e. The molecule has 2 aliphatic rings. The average molecular weight is 486 g/mol. The van der Waals surface area contributed by atoms with E-state index in [9.17, 15) is 14.4 Å². The molecule has 9 nitrogen and oxygen atoms in total. The van der Waals surface area contributed by atoms with Crippen LogP contribution in [0.4, 0.5) is 0 Å². The molecule has 1 aromatic heterocycles. The van der Waals surface area contributed by atoms with Crippen LogP contribution in [0.2, 0.25) is 0 Å². The SMILES string of the molecule is C=C(N[C@H](C(=O)N1C[C@@H]2CCC[C@@H]2C1C(=O)OCC)C(C)C)[C@@H](NC(=O)c1cnccn1)C(C)C. The molecule has 2 amide bonds. The van der Waals surface area contributed by atoms with Crippen molar-refractivity contribution < 1.29 is 19.1 Å². The first-order valence-corrected chi connectivity index (χ1v) is 12.6. The third-order valence-corrected chi connectivity index (χ3v) is 7.10. The maximum Gasteiger partial charge on any atom is 0.329 e. The van der Waals surface area contributed by atoms with E-state index in [1.165, 1.54) is 18.6 Å². The number of carbonyl (C=O) groups excluding carboxylic acids is 3. The molecule has 0 aromatic carbocycles. The number of amides is 2. The van der Waals surface area contributed by atoms with Crippen LogP contribution < -0.4 is 10.6 Å². The van der Waals surface area contributed by atoms with Gasteiger partial charge in [0, 0.05) is 24.6 Å². The maximum atomic E-state index is 13.8. The van der Waals surface area contributed by atoms with Gasteiger partial charge >= 0.3 is 5.97 Å². The fourth-order valence-corrected chi connectivity index (χ4v) is 5.33. The second-order valence-corrected chi connectivity index (χ2v) is 10.2. The Morgan fingerprint density at radius 3 is 2.43 bits per heavy atom. The van der Waals surface area contributed by atoms with Crippen LogP contribution in [0.25, 0.3) is 0 Å². The van der Waals surface area contributed by atoms with E-state index in [0.29, 0.717) is 24.8 Å². The van der Waals surface area contributed by atoms with E-state index >= 15 is 0 Å². The van der Waals surface area contributed by atoms with Crippen molar-refractivity contribution in [3.05, 3.63) is 36.6 Å². The summed E-state index contributed by atoms with van der Waals surface area (Å²) >= 11 is 0. The van der Waals surface area contributed by atoms with Gasteiger partial charge in [-0.15, -0.1) is 0 Å². The van der Waals surface area contributed by atoms with Crippen molar-refractivity contribution in [2.45, 2.75) is 72.0 Å². The molecule has 1 saturated heterocycles. The monoisotopic (exact) mass is 485 g/mol. The number of hydrogen-bond donors (Lipinski definition) is 2. The van der Waals surface area contributed by atoms with Gasteiger partial charge in [-0.3, -0.25) is 14.6 Å². The summed E-state index contributed by atoms with van der Waals surface area (Å²) in [6, 6.07) is -1.56. The highest BCUT2D eigenvalue weighted by atomic mass is 16.5. The second kappa shape index (κ2) is 11.6. The van der Waals surface area contributed by atoms with E-state index in [4.69, 9.17) is 4.74 Å². The summed E-state index contributed by atoms with van der Waals surface area (Å²) < 4.78 is 5.36. The molecule has 0 radical (unpaired) electrons. The molecule has 35 heavy (non-hydrogen) atoms. The Hall–Kier alpha value is -2.97. The lowest BCUT2D eigenvalue weighted by Crippen LogP contribution is -2.55. The molecule has 0 bridgehead atoms. The van der Waals surface area contributed by atoms with Gasteiger partial charge in [0.15, 0.2) is 0 Å². The predicted octanol–water partition coefficient (Wildman–Crippen LogP) is 2.55. The van der Waals surface area contributed by atoms with Gasteiger partial charge in [0.05, 0.1) is 18.8 Å². The number of rotatable bonds is 10. The summed E-state index contributed by atoms with van der Waals surface area (Å²) in [6.07, 6.45) is 7.42. The minimum absolute atomic E-state index is 0.0111. The van der Waals surface area contributed by atoms with E-state index in [-0.39, 0.29) is 41.2 Å². The normalized spacial score (nSPS) is 23.1. The van der Waals surface area contributed by atoms with Gasteiger partial charge in [0.2, 0.25) is 5.91 Å². The van der Waals surface area contributed by atoms with Crippen LogP contribution in [0.3, 0.4) is 0 Å². The first kappa shape index (κ1) is 26.6. The van der Waals surface area contributed by atoms with Crippen molar-refractivity contribution in [1.82, 2.24) is 25.5 Å². The number of fused-ring (bicyclic) bond motifs is 1. The van der Waals surface area contributed by atoms with E-state index in [0.717, 1.165) is 19.3 Å². The fourth-order valence-electron chi connectivity index (χ4n) is 5.33. The molecule has 3 rings (SSSR count). The number of esters is 1. The molecule has 192 valence electrons. The van der Waals surface area contributed by atoms with Crippen molar-refractivity contribution in [2.24, 2.45) is 23.7 Å². The van der Waals surface area contributed by atoms with Crippen LogP contribution in [0.15, 0.2) is 30.9 Å². The van der Waals surface area contributed by atoms with Crippen molar-refractivity contribution in [1.29, 1.82) is 0 Å². The Bertz CT molecular complexity index is 920. The molecule has 2 fully saturated rings. The zero-order chi connectivity index (χ0) is 25.7. The molecule has 1 aliphatic carbocycles. The number of nitrogens with zero attached hydrogens (tertiary/aromatic N) is 3. The molecule has 2 heterocycles. The Morgan fingerprint density at radius 1 is 1.11 bits per heavy atom. The van der Waals surface area contributed by atoms with Gasteiger partial charge in [-0.1, -0.05) is 40.7 Å². The molecule has 2 N–H and O–H groups in total. The lowest BCUT2D eigenvalue weighted by molar-refractivity contribution is -0.155. The number of aromatic nitrogens is 2. The highest BCUT2D eigenvalue weighted by molar-refractivity contribution is 5.92. The van der Waals surface area contributed by atoms with E-state index in [1.807, 2.05) is 27.7 Å². The number of ether oxygens (including phenoxy) is 1. The third-order valence-electron chi connectivity index (χ3n) is 7.10. The number of likely N-dealkylation sites (tertiary alicyclic amines) is 1. The summed E-state index contributed by atoms with van der Waals surface area (Å²) in [4.78, 5) is 49.1. The van der Waals surface area contributed by atoms with Crippen molar-refractivity contribution in [2.75, 3.05) is 13.2 Å². The number of hydrogen-bond acceptors (Lipinski definition) is 7. The quantitative estimate of drug-likeness (QED) is 0.490. The standard InChI is InChI=1S/C26H39N5O4/c1-7-35-26(34)23-19-10-8-9-18(19)14-31(23)25(33)22(16(4)5)29-17(6)21(15(2)3)30-24(32)20-13-27-11-12-28-20/h11-13,15-16,18-19,21-23,29H,6-10,14H2,1-5H3,(H,30,32)/t18-,19-,21-,22-,23?/m0/s1. The first-order valence-electron chi connectivity index (χ1n) is 12.6. The first-order chi connectivity index (χ1) is 16.6. The van der Waals surface area contributed by atoms with Crippen LogP contribution in [0, 0.1) is 23.7 Å². The summed E-state index contributed by atoms with van der Waals surface area (Å²) in [6.45, 7) is 14.7. The lowest BCUT2D eigenvalue weighted by atomic mass is 9.93. The van der Waals surface area contributed by atoms with E-state index in [2.05, 4.69) is 27.2 Å². The Morgan fingerprint density at radius 2 is 1.83 bits per heavy atom. The van der Waals surface area contributed by atoms with Crippen LogP contribution in [-0.2, 0) is 14.3 Å². The second-order valence-electron chi connectivity index (χ2n) is 10.2. The van der Waals surface area contributed by atoms with Gasteiger partial charge in [-0.25, -0.2) is 9.78 Å². The predicted molar refractivity (Wildman–Crippen MR) is 132 cm³/mol. The minimum atomic E-state index is -0.590. The molecule has 9 heteroatoms. The third kappa shape index (κ3) is 6.00. The van der Waals surface area contributed by atoms with Crippen LogP contribution in [-0.4, -0.2) is 63.9 Å². The summed E-state index contributed by atoms with van der Waals surface area (Å²) in [7, 11) is 0. The van der Waals surface area contributed by atoms with Gasteiger partial charge in [0.25, 0.3) is 5.91 Å². The molecular formula is C26H39N5O4. The summed E-state index contributed by atoms with van der Waals surface area (Å²) in [5, 5.41) is 6.26. The topological polar surface area (TPSA) is 114 Å².